The van der Waals surface area contributed by atoms with Gasteiger partial charge in [0.05, 0.1) is 5.75 Å². The van der Waals surface area contributed by atoms with E-state index in [9.17, 15) is 0 Å². The first-order chi connectivity index (χ1) is 5.18. The van der Waals surface area contributed by atoms with Crippen LogP contribution in [0.2, 0.25) is 0 Å². The van der Waals surface area contributed by atoms with Gasteiger partial charge in [-0.1, -0.05) is 11.8 Å². The Labute approximate surface area is 68.5 Å². The fourth-order valence-electron chi connectivity index (χ4n) is 0.592. The molecule has 1 aromatic rings. The molecule has 0 aromatic carbocycles. The SMILES string of the molecule is Cn1cnc(CSC(=N)N)n1. The van der Waals surface area contributed by atoms with E-state index in [1.807, 2.05) is 0 Å². The molecule has 0 spiro atoms. The third kappa shape index (κ3) is 2.58. The van der Waals surface area contributed by atoms with Crippen LogP contribution in [0.3, 0.4) is 0 Å². The minimum absolute atomic E-state index is 0.0949. The Kier molecular flexibility index (Phi) is 2.48. The predicted octanol–water partition coefficient (Wildman–Crippen LogP) is -0.0582. The van der Waals surface area contributed by atoms with Crippen molar-refractivity contribution >= 4 is 16.9 Å². The number of rotatable bonds is 2. The third-order valence-corrected chi connectivity index (χ3v) is 1.72. The second-order valence-corrected chi connectivity index (χ2v) is 3.00. The number of nitrogens with two attached hydrogens (primary N) is 1. The second-order valence-electron chi connectivity index (χ2n) is 1.99. The fourth-order valence-corrected chi connectivity index (χ4v) is 1.01. The minimum atomic E-state index is 0.0949. The van der Waals surface area contributed by atoms with Crippen LogP contribution in [0.1, 0.15) is 5.82 Å². The van der Waals surface area contributed by atoms with Crippen LogP contribution < -0.4 is 5.73 Å². The molecule has 3 N–H and O–H groups in total. The lowest BCUT2D eigenvalue weighted by Gasteiger charge is -1.91. The summed E-state index contributed by atoms with van der Waals surface area (Å²) in [7, 11) is 1.80. The summed E-state index contributed by atoms with van der Waals surface area (Å²) >= 11 is 1.22. The van der Waals surface area contributed by atoms with Gasteiger partial charge in [-0.25, -0.2) is 4.98 Å². The Hall–Kier alpha value is -1.04. The molecule has 0 aliphatic rings. The van der Waals surface area contributed by atoms with Crippen LogP contribution in [0, 0.1) is 5.41 Å². The van der Waals surface area contributed by atoms with Crippen LogP contribution in [0.15, 0.2) is 6.33 Å². The van der Waals surface area contributed by atoms with E-state index in [4.69, 9.17) is 11.1 Å². The van der Waals surface area contributed by atoms with Gasteiger partial charge >= 0.3 is 0 Å². The highest BCUT2D eigenvalue weighted by Gasteiger charge is 1.98. The van der Waals surface area contributed by atoms with Gasteiger partial charge in [-0.15, -0.1) is 0 Å². The van der Waals surface area contributed by atoms with Gasteiger partial charge in [0.1, 0.15) is 6.33 Å². The lowest BCUT2D eigenvalue weighted by Crippen LogP contribution is -2.04. The van der Waals surface area contributed by atoms with E-state index in [-0.39, 0.29) is 5.17 Å². The summed E-state index contributed by atoms with van der Waals surface area (Å²) < 4.78 is 1.62. The second kappa shape index (κ2) is 3.38. The Morgan fingerprint density at radius 3 is 3.09 bits per heavy atom. The third-order valence-electron chi connectivity index (χ3n) is 1.00. The molecule has 1 heterocycles. The molecule has 0 amide bonds. The van der Waals surface area contributed by atoms with Crippen molar-refractivity contribution in [3.8, 4) is 0 Å². The first kappa shape index (κ1) is 8.06. The van der Waals surface area contributed by atoms with E-state index in [0.717, 1.165) is 0 Å². The lowest BCUT2D eigenvalue weighted by atomic mass is 10.7. The largest absolute Gasteiger partial charge is 0.379 e. The van der Waals surface area contributed by atoms with Gasteiger partial charge in [0.2, 0.25) is 0 Å². The van der Waals surface area contributed by atoms with E-state index < -0.39 is 0 Å². The van der Waals surface area contributed by atoms with Crippen LogP contribution >= 0.6 is 11.8 Å². The molecule has 0 aliphatic carbocycles. The Morgan fingerprint density at radius 2 is 2.64 bits per heavy atom. The standard InChI is InChI=1S/C5H9N5S/c1-10-3-8-4(9-10)2-11-5(6)7/h3H,2H2,1H3,(H3,6,7). The topological polar surface area (TPSA) is 80.6 Å². The number of aromatic nitrogens is 3. The smallest absolute Gasteiger partial charge is 0.160 e. The molecule has 0 unspecified atom stereocenters. The zero-order chi connectivity index (χ0) is 8.27. The van der Waals surface area contributed by atoms with Gasteiger partial charge in [-0.2, -0.15) is 5.10 Å². The van der Waals surface area contributed by atoms with Crippen molar-refractivity contribution in [2.24, 2.45) is 12.8 Å². The van der Waals surface area contributed by atoms with Gasteiger partial charge in [0.25, 0.3) is 0 Å². The monoisotopic (exact) mass is 171 g/mol. The van der Waals surface area contributed by atoms with Crippen LogP contribution in [0.25, 0.3) is 0 Å². The predicted molar refractivity (Wildman–Crippen MR) is 44.2 cm³/mol. The van der Waals surface area contributed by atoms with E-state index >= 15 is 0 Å². The molecule has 0 radical (unpaired) electrons. The quantitative estimate of drug-likeness (QED) is 0.482. The van der Waals surface area contributed by atoms with Crippen LogP contribution in [-0.4, -0.2) is 19.9 Å². The zero-order valence-corrected chi connectivity index (χ0v) is 6.93. The van der Waals surface area contributed by atoms with E-state index in [0.29, 0.717) is 11.6 Å². The number of hydrogen-bond donors (Lipinski definition) is 2. The summed E-state index contributed by atoms with van der Waals surface area (Å²) in [5.74, 6) is 1.27. The summed E-state index contributed by atoms with van der Waals surface area (Å²) in [4.78, 5) is 3.97. The zero-order valence-electron chi connectivity index (χ0n) is 6.11. The number of amidine groups is 1. The molecular formula is C5H9N5S. The van der Waals surface area contributed by atoms with E-state index in [1.54, 1.807) is 18.1 Å². The van der Waals surface area contributed by atoms with Crippen molar-refractivity contribution in [3.63, 3.8) is 0 Å². The van der Waals surface area contributed by atoms with Crippen molar-refractivity contribution in [1.82, 2.24) is 14.8 Å². The Bertz CT molecular complexity index is 255. The van der Waals surface area contributed by atoms with Crippen LogP contribution in [0.4, 0.5) is 0 Å². The molecule has 0 saturated carbocycles. The van der Waals surface area contributed by atoms with Crippen molar-refractivity contribution in [3.05, 3.63) is 12.2 Å². The molecule has 5 nitrogen and oxygen atoms in total. The Balaban J connectivity index is 2.45. The van der Waals surface area contributed by atoms with Gasteiger partial charge in [0, 0.05) is 7.05 Å². The fraction of sp³-hybridized carbons (Fsp3) is 0.400. The van der Waals surface area contributed by atoms with Gasteiger partial charge in [-0.3, -0.25) is 10.1 Å². The number of thioether (sulfide) groups is 1. The van der Waals surface area contributed by atoms with Gasteiger partial charge < -0.3 is 5.73 Å². The molecule has 1 aromatic heterocycles. The maximum atomic E-state index is 6.93. The first-order valence-electron chi connectivity index (χ1n) is 3.00. The summed E-state index contributed by atoms with van der Waals surface area (Å²) in [6.07, 6.45) is 1.62. The first-order valence-corrected chi connectivity index (χ1v) is 3.98. The summed E-state index contributed by atoms with van der Waals surface area (Å²) in [6, 6.07) is 0. The molecular weight excluding hydrogens is 162 g/mol. The minimum Gasteiger partial charge on any atom is -0.379 e. The number of hydrogen-bond acceptors (Lipinski definition) is 4. The highest BCUT2D eigenvalue weighted by molar-refractivity contribution is 8.12. The Morgan fingerprint density at radius 1 is 1.91 bits per heavy atom. The molecule has 11 heavy (non-hydrogen) atoms. The summed E-state index contributed by atoms with van der Waals surface area (Å²) in [5, 5.41) is 11.0. The number of nitrogens with zero attached hydrogens (tertiary/aromatic N) is 3. The maximum absolute atomic E-state index is 6.93. The molecule has 0 aliphatic heterocycles. The van der Waals surface area contributed by atoms with Crippen LogP contribution in [0.5, 0.6) is 0 Å². The van der Waals surface area contributed by atoms with Gasteiger partial charge in [-0.05, 0) is 0 Å². The van der Waals surface area contributed by atoms with Gasteiger partial charge in [0.15, 0.2) is 11.0 Å². The molecule has 0 fully saturated rings. The van der Waals surface area contributed by atoms with E-state index in [2.05, 4.69) is 10.1 Å². The molecule has 0 saturated heterocycles. The molecule has 1 rings (SSSR count). The average molecular weight is 171 g/mol. The van der Waals surface area contributed by atoms with Crippen molar-refractivity contribution in [2.75, 3.05) is 0 Å². The highest BCUT2D eigenvalue weighted by atomic mass is 32.2. The molecule has 0 atom stereocenters. The van der Waals surface area contributed by atoms with Crippen molar-refractivity contribution in [1.29, 1.82) is 5.41 Å². The summed E-state index contributed by atoms with van der Waals surface area (Å²) in [5.41, 5.74) is 5.13. The molecule has 60 valence electrons. The summed E-state index contributed by atoms with van der Waals surface area (Å²) in [6.45, 7) is 0. The van der Waals surface area contributed by atoms with Crippen molar-refractivity contribution < 1.29 is 0 Å². The molecule has 0 bridgehead atoms. The van der Waals surface area contributed by atoms with E-state index in [1.165, 1.54) is 11.8 Å². The average Bonchev–Trinajstić information content (AvgIpc) is 2.31. The number of nitrogens with one attached hydrogen (secondary N) is 1. The van der Waals surface area contributed by atoms with Crippen molar-refractivity contribution in [2.45, 2.75) is 5.75 Å². The lowest BCUT2D eigenvalue weighted by molar-refractivity contribution is 0.754. The highest BCUT2D eigenvalue weighted by Crippen LogP contribution is 2.05. The van der Waals surface area contributed by atoms with Crippen LogP contribution in [-0.2, 0) is 12.8 Å². The molecule has 6 heteroatoms. The maximum Gasteiger partial charge on any atom is 0.160 e. The normalized spacial score (nSPS) is 9.91. The number of aryl methyl sites for hydroxylation is 1.